The number of aryl methyl sites for hydroxylation is 1. The van der Waals surface area contributed by atoms with Crippen LogP contribution in [0.25, 0.3) is 0 Å². The van der Waals surface area contributed by atoms with Gasteiger partial charge in [-0.1, -0.05) is 12.1 Å². The summed E-state index contributed by atoms with van der Waals surface area (Å²) in [6.07, 6.45) is 3.38. The zero-order valence-electron chi connectivity index (χ0n) is 14.5. The van der Waals surface area contributed by atoms with Crippen molar-refractivity contribution >= 4 is 17.6 Å². The summed E-state index contributed by atoms with van der Waals surface area (Å²) in [6, 6.07) is 13.6. The van der Waals surface area contributed by atoms with Gasteiger partial charge in [-0.3, -0.25) is 0 Å². The maximum Gasteiger partial charge on any atom is 0.225 e. The molecule has 4 heterocycles. The molecule has 0 aromatic carbocycles. The monoisotopic (exact) mass is 348 g/mol. The lowest BCUT2D eigenvalue weighted by Crippen LogP contribution is -2.39. The van der Waals surface area contributed by atoms with Crippen molar-refractivity contribution in [3.05, 3.63) is 66.2 Å². The molecule has 1 aliphatic rings. The second-order valence-corrected chi connectivity index (χ2v) is 6.09. The first-order valence-electron chi connectivity index (χ1n) is 8.59. The molecule has 7 heteroatoms. The van der Waals surface area contributed by atoms with Crippen LogP contribution in [0.4, 0.5) is 17.6 Å². The van der Waals surface area contributed by atoms with Gasteiger partial charge < -0.3 is 15.0 Å². The summed E-state index contributed by atoms with van der Waals surface area (Å²) in [5.74, 6) is 2.25. The summed E-state index contributed by atoms with van der Waals surface area (Å²) in [7, 11) is 0. The van der Waals surface area contributed by atoms with Crippen molar-refractivity contribution in [2.24, 2.45) is 0 Å². The molecule has 0 aliphatic carbocycles. The Morgan fingerprint density at radius 3 is 2.58 bits per heavy atom. The molecule has 1 N–H and O–H groups in total. The number of morpholine rings is 1. The second kappa shape index (κ2) is 7.45. The maximum atomic E-state index is 5.94. The Bertz CT molecular complexity index is 873. The van der Waals surface area contributed by atoms with Crippen LogP contribution in [0.2, 0.25) is 0 Å². The van der Waals surface area contributed by atoms with Crippen molar-refractivity contribution < 1.29 is 4.74 Å². The van der Waals surface area contributed by atoms with Crippen LogP contribution in [-0.4, -0.2) is 39.6 Å². The molecule has 0 spiro atoms. The Morgan fingerprint density at radius 2 is 1.77 bits per heavy atom. The number of rotatable bonds is 4. The number of hydrogen-bond donors (Lipinski definition) is 1. The van der Waals surface area contributed by atoms with Crippen LogP contribution in [0, 0.1) is 6.92 Å². The number of anilines is 3. The third kappa shape index (κ3) is 3.78. The number of hydrogen-bond acceptors (Lipinski definition) is 7. The molecule has 0 radical (unpaired) electrons. The first-order chi connectivity index (χ1) is 12.8. The van der Waals surface area contributed by atoms with E-state index >= 15 is 0 Å². The smallest absolute Gasteiger partial charge is 0.225 e. The van der Waals surface area contributed by atoms with Gasteiger partial charge in [0.15, 0.2) is 0 Å². The van der Waals surface area contributed by atoms with E-state index in [2.05, 4.69) is 25.2 Å². The first-order valence-corrected chi connectivity index (χ1v) is 8.59. The minimum Gasteiger partial charge on any atom is -0.368 e. The molecular weight excluding hydrogens is 328 g/mol. The largest absolute Gasteiger partial charge is 0.368 e. The van der Waals surface area contributed by atoms with Crippen molar-refractivity contribution in [3.8, 4) is 0 Å². The fourth-order valence-electron chi connectivity index (χ4n) is 2.91. The van der Waals surface area contributed by atoms with Gasteiger partial charge in [-0.15, -0.1) is 0 Å². The van der Waals surface area contributed by atoms with Crippen LogP contribution in [-0.2, 0) is 4.74 Å². The van der Waals surface area contributed by atoms with E-state index in [4.69, 9.17) is 9.72 Å². The third-order valence-corrected chi connectivity index (χ3v) is 4.15. The molecule has 1 unspecified atom stereocenters. The lowest BCUT2D eigenvalue weighted by atomic mass is 10.2. The standard InChI is InChI=1S/C19H20N6O/c1-14-5-2-7-17(22-14)24-18-8-3-6-15(23-18)16-13-25(11-12-26-16)19-20-9-4-10-21-19/h2-10,16H,11-13H2,1H3,(H,22,23,24). The van der Waals surface area contributed by atoms with Crippen LogP contribution in [0.3, 0.4) is 0 Å². The fourth-order valence-corrected chi connectivity index (χ4v) is 2.91. The van der Waals surface area contributed by atoms with Crippen molar-refractivity contribution in [1.29, 1.82) is 0 Å². The highest BCUT2D eigenvalue weighted by Gasteiger charge is 2.24. The van der Waals surface area contributed by atoms with Crippen LogP contribution in [0.15, 0.2) is 54.9 Å². The molecule has 1 fully saturated rings. The van der Waals surface area contributed by atoms with Gasteiger partial charge in [0.25, 0.3) is 0 Å². The molecule has 4 rings (SSSR count). The average Bonchev–Trinajstić information content (AvgIpc) is 2.69. The van der Waals surface area contributed by atoms with Crippen LogP contribution >= 0.6 is 0 Å². The number of aromatic nitrogens is 4. The lowest BCUT2D eigenvalue weighted by molar-refractivity contribution is 0.0365. The summed E-state index contributed by atoms with van der Waals surface area (Å²) in [5.41, 5.74) is 1.84. The van der Waals surface area contributed by atoms with Gasteiger partial charge in [-0.05, 0) is 37.3 Å². The normalized spacial score (nSPS) is 17.1. The Balaban J connectivity index is 1.50. The van der Waals surface area contributed by atoms with Crippen molar-refractivity contribution in [2.45, 2.75) is 13.0 Å². The summed E-state index contributed by atoms with van der Waals surface area (Å²) in [5, 5.41) is 3.25. The fraction of sp³-hybridized carbons (Fsp3) is 0.263. The molecule has 0 saturated carbocycles. The molecule has 7 nitrogen and oxygen atoms in total. The Labute approximate surface area is 152 Å². The molecule has 26 heavy (non-hydrogen) atoms. The number of nitrogens with zero attached hydrogens (tertiary/aromatic N) is 5. The highest BCUT2D eigenvalue weighted by Crippen LogP contribution is 2.24. The minimum absolute atomic E-state index is 0.125. The van der Waals surface area contributed by atoms with E-state index in [1.807, 2.05) is 49.4 Å². The van der Waals surface area contributed by atoms with E-state index in [1.54, 1.807) is 12.4 Å². The highest BCUT2D eigenvalue weighted by atomic mass is 16.5. The van der Waals surface area contributed by atoms with Crippen LogP contribution < -0.4 is 10.2 Å². The molecule has 1 aliphatic heterocycles. The zero-order chi connectivity index (χ0) is 17.8. The van der Waals surface area contributed by atoms with Crippen LogP contribution in [0.1, 0.15) is 17.5 Å². The van der Waals surface area contributed by atoms with Gasteiger partial charge in [0.1, 0.15) is 17.7 Å². The molecule has 3 aromatic rings. The van der Waals surface area contributed by atoms with E-state index in [0.717, 1.165) is 35.5 Å². The summed E-state index contributed by atoms with van der Waals surface area (Å²) >= 11 is 0. The second-order valence-electron chi connectivity index (χ2n) is 6.09. The number of ether oxygens (including phenoxy) is 1. The van der Waals surface area contributed by atoms with E-state index in [0.29, 0.717) is 13.2 Å². The summed E-state index contributed by atoms with van der Waals surface area (Å²) in [4.78, 5) is 19.9. The first kappa shape index (κ1) is 16.4. The van der Waals surface area contributed by atoms with Gasteiger partial charge in [-0.25, -0.2) is 19.9 Å². The molecule has 132 valence electrons. The lowest BCUT2D eigenvalue weighted by Gasteiger charge is -2.32. The molecule has 0 amide bonds. The molecule has 1 atom stereocenters. The Hall–Kier alpha value is -3.06. The Kier molecular flexibility index (Phi) is 4.70. The predicted molar refractivity (Wildman–Crippen MR) is 99.4 cm³/mol. The molecule has 0 bridgehead atoms. The predicted octanol–water partition coefficient (Wildman–Crippen LogP) is 2.90. The SMILES string of the molecule is Cc1cccc(Nc2cccc(C3CN(c4ncccn4)CCO3)n2)n1. The topological polar surface area (TPSA) is 76.1 Å². The van der Waals surface area contributed by atoms with E-state index in [-0.39, 0.29) is 6.10 Å². The Morgan fingerprint density at radius 1 is 1.00 bits per heavy atom. The number of nitrogens with one attached hydrogen (secondary N) is 1. The molecular formula is C19H20N6O. The van der Waals surface area contributed by atoms with Crippen LogP contribution in [0.5, 0.6) is 0 Å². The van der Waals surface area contributed by atoms with Gasteiger partial charge in [-0.2, -0.15) is 0 Å². The third-order valence-electron chi connectivity index (χ3n) is 4.15. The van der Waals surface area contributed by atoms with Gasteiger partial charge in [0, 0.05) is 24.6 Å². The quantitative estimate of drug-likeness (QED) is 0.777. The zero-order valence-corrected chi connectivity index (χ0v) is 14.5. The summed E-state index contributed by atoms with van der Waals surface area (Å²) < 4.78 is 5.94. The van der Waals surface area contributed by atoms with Crippen molar-refractivity contribution in [2.75, 3.05) is 29.9 Å². The number of pyridine rings is 2. The molecule has 1 saturated heterocycles. The van der Waals surface area contributed by atoms with E-state index in [1.165, 1.54) is 0 Å². The maximum absolute atomic E-state index is 5.94. The van der Waals surface area contributed by atoms with Gasteiger partial charge in [0.2, 0.25) is 5.95 Å². The summed E-state index contributed by atoms with van der Waals surface area (Å²) in [6.45, 7) is 4.02. The van der Waals surface area contributed by atoms with E-state index in [9.17, 15) is 0 Å². The van der Waals surface area contributed by atoms with Crippen molar-refractivity contribution in [1.82, 2.24) is 19.9 Å². The average molecular weight is 348 g/mol. The highest BCUT2D eigenvalue weighted by molar-refractivity contribution is 5.51. The van der Waals surface area contributed by atoms with Crippen molar-refractivity contribution in [3.63, 3.8) is 0 Å². The van der Waals surface area contributed by atoms with Gasteiger partial charge in [0.05, 0.1) is 18.8 Å². The van der Waals surface area contributed by atoms with Gasteiger partial charge >= 0.3 is 0 Å². The minimum atomic E-state index is -0.125. The van der Waals surface area contributed by atoms with E-state index < -0.39 is 0 Å². The molecule has 3 aromatic heterocycles.